The van der Waals surface area contributed by atoms with Crippen molar-refractivity contribution >= 4 is 6.03 Å². The van der Waals surface area contributed by atoms with Crippen molar-refractivity contribution in [3.8, 4) is 5.75 Å². The number of likely N-dealkylation sites (tertiary alicyclic amines) is 1. The molecular weight excluding hydrogens is 454 g/mol. The molecule has 3 N–H and O–H groups in total. The van der Waals surface area contributed by atoms with Crippen LogP contribution in [0.1, 0.15) is 70.8 Å². The lowest BCUT2D eigenvalue weighted by Gasteiger charge is -2.43. The lowest BCUT2D eigenvalue weighted by Crippen LogP contribution is -2.54. The van der Waals surface area contributed by atoms with Crippen molar-refractivity contribution < 1.29 is 19.4 Å². The Bertz CT molecular complexity index is 800. The van der Waals surface area contributed by atoms with E-state index in [-0.39, 0.29) is 18.0 Å². The lowest BCUT2D eigenvalue weighted by atomic mass is 9.73. The third-order valence-electron chi connectivity index (χ3n) is 7.60. The maximum atomic E-state index is 13.3. The van der Waals surface area contributed by atoms with E-state index in [1.165, 1.54) is 12.8 Å². The second-order valence-electron chi connectivity index (χ2n) is 11.2. The van der Waals surface area contributed by atoms with Crippen molar-refractivity contribution in [2.45, 2.75) is 76.9 Å². The Morgan fingerprint density at radius 1 is 1.22 bits per heavy atom. The maximum Gasteiger partial charge on any atom is 0.317 e. The number of benzene rings is 1. The standard InChI is InChI=1S/C29H49N3O4/c1-22(2)18-25(19-30-3)31-28(33)32-16-9-10-24(20-32)29(34,15-7-8-17-35-4)26-11-5-6-12-27(26)36-21-23-13-14-23/h5-6,11-12,22-25,30,34H,7-10,13-21H2,1-4H3,(H,31,33)/t24-,25?,29+/m1/s1. The number of nitrogens with one attached hydrogen (secondary N) is 2. The van der Waals surface area contributed by atoms with Gasteiger partial charge in [-0.1, -0.05) is 32.0 Å². The molecular formula is C29H49N3O4. The SMILES string of the molecule is CNCC(CC(C)C)NC(=O)N1CCC[C@@H]([C@@](O)(CCCCOC)c2ccccc2OCC2CC2)C1. The van der Waals surface area contributed by atoms with E-state index in [0.717, 1.165) is 56.5 Å². The van der Waals surface area contributed by atoms with E-state index in [2.05, 4.69) is 24.5 Å². The topological polar surface area (TPSA) is 83.1 Å². The van der Waals surface area contributed by atoms with Crippen LogP contribution in [0.4, 0.5) is 4.79 Å². The maximum absolute atomic E-state index is 13.3. The number of para-hydroxylation sites is 1. The van der Waals surface area contributed by atoms with Gasteiger partial charge in [0.15, 0.2) is 0 Å². The van der Waals surface area contributed by atoms with Crippen molar-refractivity contribution in [3.63, 3.8) is 0 Å². The number of unbranched alkanes of at least 4 members (excludes halogenated alkanes) is 1. The number of carbonyl (C=O) groups is 1. The third kappa shape index (κ3) is 8.35. The molecule has 1 heterocycles. The highest BCUT2D eigenvalue weighted by Gasteiger charge is 2.43. The van der Waals surface area contributed by atoms with Gasteiger partial charge in [-0.05, 0) is 76.3 Å². The first-order valence-electron chi connectivity index (χ1n) is 14.0. The first-order valence-corrected chi connectivity index (χ1v) is 14.0. The van der Waals surface area contributed by atoms with Crippen molar-refractivity contribution in [2.75, 3.05) is 47.0 Å². The van der Waals surface area contributed by atoms with Crippen molar-refractivity contribution in [3.05, 3.63) is 29.8 Å². The van der Waals surface area contributed by atoms with E-state index < -0.39 is 5.60 Å². The quantitative estimate of drug-likeness (QED) is 0.306. The molecule has 2 aliphatic rings. The number of hydrogen-bond acceptors (Lipinski definition) is 5. The molecule has 1 aliphatic carbocycles. The highest BCUT2D eigenvalue weighted by atomic mass is 16.5. The fraction of sp³-hybridized carbons (Fsp3) is 0.759. The number of ether oxygens (including phenoxy) is 2. The predicted molar refractivity (Wildman–Crippen MR) is 144 cm³/mol. The smallest absolute Gasteiger partial charge is 0.317 e. The Balaban J connectivity index is 1.77. The van der Waals surface area contributed by atoms with Gasteiger partial charge in [0.25, 0.3) is 0 Å². The van der Waals surface area contributed by atoms with Gasteiger partial charge in [0.2, 0.25) is 0 Å². The largest absolute Gasteiger partial charge is 0.493 e. The molecule has 0 aromatic heterocycles. The Labute approximate surface area is 218 Å². The second kappa shape index (κ2) is 14.2. The summed E-state index contributed by atoms with van der Waals surface area (Å²) in [6.45, 7) is 7.75. The van der Waals surface area contributed by atoms with E-state index >= 15 is 0 Å². The molecule has 1 saturated carbocycles. The van der Waals surface area contributed by atoms with Crippen LogP contribution in [0.25, 0.3) is 0 Å². The molecule has 1 unspecified atom stereocenters. The average Bonchev–Trinajstić information content (AvgIpc) is 3.70. The van der Waals surface area contributed by atoms with Crippen molar-refractivity contribution in [1.82, 2.24) is 15.5 Å². The Morgan fingerprint density at radius 3 is 2.69 bits per heavy atom. The molecule has 3 rings (SSSR count). The lowest BCUT2D eigenvalue weighted by molar-refractivity contribution is -0.0580. The van der Waals surface area contributed by atoms with Crippen LogP contribution in [0.5, 0.6) is 5.75 Å². The second-order valence-corrected chi connectivity index (χ2v) is 11.2. The van der Waals surface area contributed by atoms with Gasteiger partial charge in [-0.3, -0.25) is 0 Å². The number of methoxy groups -OCH3 is 1. The van der Waals surface area contributed by atoms with Crippen LogP contribution in [0.2, 0.25) is 0 Å². The van der Waals surface area contributed by atoms with Gasteiger partial charge < -0.3 is 30.1 Å². The van der Waals surface area contributed by atoms with Gasteiger partial charge in [-0.2, -0.15) is 0 Å². The molecule has 0 radical (unpaired) electrons. The number of likely N-dealkylation sites (N-methyl/N-ethyl adjacent to an activating group) is 1. The minimum atomic E-state index is -1.06. The monoisotopic (exact) mass is 503 g/mol. The van der Waals surface area contributed by atoms with Gasteiger partial charge in [-0.25, -0.2) is 4.79 Å². The minimum Gasteiger partial charge on any atom is -0.493 e. The average molecular weight is 504 g/mol. The number of carbonyl (C=O) groups excluding carboxylic acids is 1. The zero-order valence-electron chi connectivity index (χ0n) is 22.9. The van der Waals surface area contributed by atoms with Crippen LogP contribution in [0.15, 0.2) is 24.3 Å². The Morgan fingerprint density at radius 2 is 2.00 bits per heavy atom. The van der Waals surface area contributed by atoms with Gasteiger partial charge in [-0.15, -0.1) is 0 Å². The minimum absolute atomic E-state index is 0.0272. The zero-order valence-corrected chi connectivity index (χ0v) is 22.9. The van der Waals surface area contributed by atoms with Crippen LogP contribution >= 0.6 is 0 Å². The summed E-state index contributed by atoms with van der Waals surface area (Å²) < 4.78 is 11.5. The van der Waals surface area contributed by atoms with E-state index in [1.54, 1.807) is 7.11 Å². The van der Waals surface area contributed by atoms with E-state index in [0.29, 0.717) is 38.0 Å². The summed E-state index contributed by atoms with van der Waals surface area (Å²) in [6, 6.07) is 8.03. The van der Waals surface area contributed by atoms with Crippen LogP contribution < -0.4 is 15.4 Å². The summed E-state index contributed by atoms with van der Waals surface area (Å²) in [5.41, 5.74) is -0.196. The molecule has 2 fully saturated rings. The first-order chi connectivity index (χ1) is 17.4. The van der Waals surface area contributed by atoms with Crippen LogP contribution in [0.3, 0.4) is 0 Å². The number of rotatable bonds is 15. The van der Waals surface area contributed by atoms with Crippen LogP contribution in [-0.4, -0.2) is 69.1 Å². The molecule has 7 nitrogen and oxygen atoms in total. The highest BCUT2D eigenvalue weighted by molar-refractivity contribution is 5.74. The molecule has 0 bridgehead atoms. The number of aliphatic hydroxyl groups is 1. The molecule has 1 aromatic carbocycles. The number of nitrogens with zero attached hydrogens (tertiary/aromatic N) is 1. The summed E-state index contributed by atoms with van der Waals surface area (Å²) in [4.78, 5) is 15.2. The molecule has 3 atom stereocenters. The van der Waals surface area contributed by atoms with Gasteiger partial charge in [0.1, 0.15) is 5.75 Å². The van der Waals surface area contributed by atoms with Crippen LogP contribution in [-0.2, 0) is 10.3 Å². The fourth-order valence-corrected chi connectivity index (χ4v) is 5.47. The molecule has 1 aliphatic heterocycles. The van der Waals surface area contributed by atoms with Crippen LogP contribution in [0, 0.1) is 17.8 Å². The number of amides is 2. The number of urea groups is 1. The van der Waals surface area contributed by atoms with Gasteiger partial charge >= 0.3 is 6.03 Å². The molecule has 7 heteroatoms. The van der Waals surface area contributed by atoms with Gasteiger partial charge in [0.05, 0.1) is 12.2 Å². The predicted octanol–water partition coefficient (Wildman–Crippen LogP) is 4.54. The molecule has 204 valence electrons. The fourth-order valence-electron chi connectivity index (χ4n) is 5.47. The number of hydrogen-bond donors (Lipinski definition) is 3. The zero-order chi connectivity index (χ0) is 26.0. The van der Waals surface area contributed by atoms with Crippen molar-refractivity contribution in [1.29, 1.82) is 0 Å². The molecule has 1 aromatic rings. The first kappa shape index (κ1) is 28.7. The summed E-state index contributed by atoms with van der Waals surface area (Å²) in [7, 11) is 3.63. The number of piperidine rings is 1. The third-order valence-corrected chi connectivity index (χ3v) is 7.60. The van der Waals surface area contributed by atoms with E-state index in [1.807, 2.05) is 36.2 Å². The summed E-state index contributed by atoms with van der Waals surface area (Å²) in [6.07, 6.45) is 7.50. The summed E-state index contributed by atoms with van der Waals surface area (Å²) in [5.74, 6) is 1.87. The molecule has 36 heavy (non-hydrogen) atoms. The van der Waals surface area contributed by atoms with Crippen molar-refractivity contribution in [2.24, 2.45) is 17.8 Å². The van der Waals surface area contributed by atoms with E-state index in [4.69, 9.17) is 9.47 Å². The highest BCUT2D eigenvalue weighted by Crippen LogP contribution is 2.44. The van der Waals surface area contributed by atoms with Gasteiger partial charge in [0, 0.05) is 50.9 Å². The molecule has 0 spiro atoms. The summed E-state index contributed by atoms with van der Waals surface area (Å²) in [5, 5.41) is 18.8. The normalized spacial score (nSPS) is 20.7. The molecule has 1 saturated heterocycles. The van der Waals surface area contributed by atoms with E-state index in [9.17, 15) is 9.90 Å². The Kier molecular flexibility index (Phi) is 11.3. The molecule has 2 amide bonds. The summed E-state index contributed by atoms with van der Waals surface area (Å²) >= 11 is 0. The Hall–Kier alpha value is -1.83.